The third kappa shape index (κ3) is 14.5. The number of nitrogens with zero attached hydrogens (tertiary/aromatic N) is 2. The molecule has 0 aliphatic carbocycles. The topological polar surface area (TPSA) is 179 Å². The van der Waals surface area contributed by atoms with Gasteiger partial charge in [-0.15, -0.1) is 0 Å². The number of ether oxygens (including phenoxy) is 4. The fraction of sp³-hybridized carbons (Fsp3) is 0.375. The number of aliphatic imine (C=N–C) groups is 1. The summed E-state index contributed by atoms with van der Waals surface area (Å²) in [5.74, 6) is -1.82. The van der Waals surface area contributed by atoms with Crippen molar-refractivity contribution in [1.82, 2.24) is 10.2 Å². The van der Waals surface area contributed by atoms with E-state index in [4.69, 9.17) is 18.9 Å². The number of hydrogen-bond acceptors (Lipinski definition) is 10. The molecule has 0 radical (unpaired) electrons. The second kappa shape index (κ2) is 18.1. The van der Waals surface area contributed by atoms with Crippen LogP contribution in [-0.2, 0) is 30.3 Å². The predicted molar refractivity (Wildman–Crippen MR) is 201 cm³/mol. The van der Waals surface area contributed by atoms with Gasteiger partial charge in [-0.1, -0.05) is 42.5 Å². The maximum Gasteiger partial charge on any atom is 0.436 e. The molecule has 3 rings (SSSR count). The zero-order valence-corrected chi connectivity index (χ0v) is 32.1. The minimum atomic E-state index is -1.15. The van der Waals surface area contributed by atoms with Crippen molar-refractivity contribution < 1.29 is 47.7 Å². The Kier molecular flexibility index (Phi) is 14.2. The first-order valence-corrected chi connectivity index (χ1v) is 17.2. The Bertz CT molecular complexity index is 1810. The zero-order chi connectivity index (χ0) is 40.3. The van der Waals surface area contributed by atoms with Crippen LogP contribution in [0.5, 0.6) is 0 Å². The summed E-state index contributed by atoms with van der Waals surface area (Å²) in [6, 6.07) is 21.0. The number of imide groups is 1. The highest BCUT2D eigenvalue weighted by Gasteiger charge is 2.36. The van der Waals surface area contributed by atoms with Crippen LogP contribution in [-0.4, -0.2) is 70.1 Å². The SMILES string of the molecule is CC(C)(C)OC(=O)N=C(c1ccc(C(=O)Nc2ccc(C(=O)NCCC(=O)OCc3ccccc3)cc2)cc1)N(C(=O)OC(C)(C)C)C(=O)OC(C)(C)C. The van der Waals surface area contributed by atoms with Gasteiger partial charge in [0.25, 0.3) is 11.8 Å². The largest absolute Gasteiger partial charge is 0.461 e. The lowest BCUT2D eigenvalue weighted by atomic mass is 10.1. The number of anilines is 1. The molecule has 0 heterocycles. The van der Waals surface area contributed by atoms with Crippen LogP contribution in [0.2, 0.25) is 0 Å². The third-order valence-corrected chi connectivity index (χ3v) is 6.62. The lowest BCUT2D eigenvalue weighted by molar-refractivity contribution is -0.144. The van der Waals surface area contributed by atoms with Crippen molar-refractivity contribution in [3.8, 4) is 0 Å². The maximum atomic E-state index is 13.4. The molecule has 0 saturated heterocycles. The highest BCUT2D eigenvalue weighted by Crippen LogP contribution is 2.20. The van der Waals surface area contributed by atoms with Gasteiger partial charge in [0.1, 0.15) is 23.4 Å². The highest BCUT2D eigenvalue weighted by atomic mass is 16.6. The average molecular weight is 745 g/mol. The van der Waals surface area contributed by atoms with E-state index in [9.17, 15) is 28.8 Å². The number of rotatable bonds is 9. The van der Waals surface area contributed by atoms with Gasteiger partial charge in [-0.05, 0) is 104 Å². The molecule has 0 fully saturated rings. The molecule has 14 heteroatoms. The van der Waals surface area contributed by atoms with Gasteiger partial charge in [-0.25, -0.2) is 14.4 Å². The first-order valence-electron chi connectivity index (χ1n) is 17.2. The van der Waals surface area contributed by atoms with Crippen LogP contribution in [0, 0.1) is 0 Å². The van der Waals surface area contributed by atoms with Crippen molar-refractivity contribution in [2.45, 2.75) is 92.1 Å². The van der Waals surface area contributed by atoms with E-state index in [1.165, 1.54) is 36.4 Å². The fourth-order valence-corrected chi connectivity index (χ4v) is 4.35. The molecule has 0 saturated carbocycles. The van der Waals surface area contributed by atoms with Crippen LogP contribution in [0.4, 0.5) is 20.1 Å². The van der Waals surface area contributed by atoms with Crippen LogP contribution in [0.3, 0.4) is 0 Å². The van der Waals surface area contributed by atoms with Gasteiger partial charge in [0.15, 0.2) is 5.84 Å². The number of carbonyl (C=O) groups excluding carboxylic acids is 6. The van der Waals surface area contributed by atoms with E-state index < -0.39 is 58.7 Å². The Labute approximate surface area is 315 Å². The van der Waals surface area contributed by atoms with Crippen LogP contribution in [0.25, 0.3) is 0 Å². The number of nitrogens with one attached hydrogen (secondary N) is 2. The van der Waals surface area contributed by atoms with Gasteiger partial charge in [-0.2, -0.15) is 9.89 Å². The van der Waals surface area contributed by atoms with E-state index >= 15 is 0 Å². The van der Waals surface area contributed by atoms with E-state index in [1.54, 1.807) is 74.4 Å². The third-order valence-electron chi connectivity index (χ3n) is 6.62. The molecule has 2 N–H and O–H groups in total. The summed E-state index contributed by atoms with van der Waals surface area (Å²) >= 11 is 0. The minimum absolute atomic E-state index is 0.000106. The standard InChI is InChI=1S/C40H48N4O10/c1-38(2,3)52-35(48)43-32(44(36(49)53-39(4,5)6)37(50)54-40(7,8)9)27-15-17-29(18-16-27)34(47)42-30-21-19-28(20-22-30)33(46)41-24-23-31(45)51-25-26-13-11-10-12-14-26/h10-22H,23-25H2,1-9H3,(H,41,46)(H,42,47). The van der Waals surface area contributed by atoms with Crippen molar-refractivity contribution in [1.29, 1.82) is 0 Å². The van der Waals surface area contributed by atoms with Crippen LogP contribution < -0.4 is 10.6 Å². The highest BCUT2D eigenvalue weighted by molar-refractivity contribution is 6.18. The Morgan fingerprint density at radius 3 is 1.61 bits per heavy atom. The first kappa shape index (κ1) is 42.4. The Hall–Kier alpha value is -6.05. The molecule has 0 aliphatic rings. The van der Waals surface area contributed by atoms with Gasteiger partial charge in [0.2, 0.25) is 0 Å². The molecule has 5 amide bonds. The van der Waals surface area contributed by atoms with Crippen LogP contribution in [0.1, 0.15) is 101 Å². The summed E-state index contributed by atoms with van der Waals surface area (Å²) in [5, 5.41) is 5.40. The summed E-state index contributed by atoms with van der Waals surface area (Å²) in [7, 11) is 0. The molecule has 0 spiro atoms. The van der Waals surface area contributed by atoms with Gasteiger partial charge in [-0.3, -0.25) is 14.4 Å². The summed E-state index contributed by atoms with van der Waals surface area (Å²) in [4.78, 5) is 82.0. The predicted octanol–water partition coefficient (Wildman–Crippen LogP) is 7.66. The number of esters is 1. The Morgan fingerprint density at radius 1 is 0.611 bits per heavy atom. The molecule has 54 heavy (non-hydrogen) atoms. The molecule has 0 unspecified atom stereocenters. The summed E-state index contributed by atoms with van der Waals surface area (Å²) in [6.45, 7) is 14.7. The van der Waals surface area contributed by atoms with E-state index in [-0.39, 0.29) is 30.7 Å². The van der Waals surface area contributed by atoms with Gasteiger partial charge < -0.3 is 29.6 Å². The molecule has 3 aromatic rings. The Balaban J connectivity index is 1.74. The van der Waals surface area contributed by atoms with Crippen molar-refractivity contribution in [3.05, 3.63) is 101 Å². The lowest BCUT2D eigenvalue weighted by Gasteiger charge is -2.29. The zero-order valence-electron chi connectivity index (χ0n) is 32.1. The van der Waals surface area contributed by atoms with Gasteiger partial charge >= 0.3 is 24.2 Å². The second-order valence-electron chi connectivity index (χ2n) is 15.0. The molecule has 0 aromatic heterocycles. The molecular formula is C40H48N4O10. The number of benzene rings is 3. The van der Waals surface area contributed by atoms with Crippen molar-refractivity contribution in [2.24, 2.45) is 4.99 Å². The molecule has 0 atom stereocenters. The van der Waals surface area contributed by atoms with E-state index in [0.717, 1.165) is 5.56 Å². The summed E-state index contributed by atoms with van der Waals surface area (Å²) < 4.78 is 21.5. The van der Waals surface area contributed by atoms with Gasteiger partial charge in [0, 0.05) is 28.9 Å². The maximum absolute atomic E-state index is 13.4. The monoisotopic (exact) mass is 744 g/mol. The number of amidine groups is 1. The number of amides is 5. The van der Waals surface area contributed by atoms with E-state index in [0.29, 0.717) is 16.2 Å². The van der Waals surface area contributed by atoms with E-state index in [2.05, 4.69) is 15.6 Å². The minimum Gasteiger partial charge on any atom is -0.461 e. The summed E-state index contributed by atoms with van der Waals surface area (Å²) in [5.41, 5.74) is -1.18. The smallest absolute Gasteiger partial charge is 0.436 e. The normalized spacial score (nSPS) is 11.8. The number of carbonyl (C=O) groups is 6. The van der Waals surface area contributed by atoms with Crippen LogP contribution in [0.15, 0.2) is 83.9 Å². The molecule has 0 bridgehead atoms. The molecule has 3 aromatic carbocycles. The van der Waals surface area contributed by atoms with Crippen molar-refractivity contribution in [3.63, 3.8) is 0 Å². The quantitative estimate of drug-likeness (QED) is 0.0956. The Morgan fingerprint density at radius 2 is 1.09 bits per heavy atom. The number of hydrogen-bond donors (Lipinski definition) is 2. The first-order chi connectivity index (χ1) is 25.1. The molecule has 288 valence electrons. The lowest BCUT2D eigenvalue weighted by Crippen LogP contribution is -2.47. The fourth-order valence-electron chi connectivity index (χ4n) is 4.35. The van der Waals surface area contributed by atoms with E-state index in [1.807, 2.05) is 30.3 Å². The molecule has 14 nitrogen and oxygen atoms in total. The van der Waals surface area contributed by atoms with Crippen LogP contribution >= 0.6 is 0 Å². The average Bonchev–Trinajstić information content (AvgIpc) is 3.05. The summed E-state index contributed by atoms with van der Waals surface area (Å²) in [6.07, 6.45) is -3.39. The molecular weight excluding hydrogens is 696 g/mol. The molecule has 0 aliphatic heterocycles. The van der Waals surface area contributed by atoms with Crippen molar-refractivity contribution in [2.75, 3.05) is 11.9 Å². The van der Waals surface area contributed by atoms with Gasteiger partial charge in [0.05, 0.1) is 6.42 Å². The van der Waals surface area contributed by atoms with Crippen molar-refractivity contribution >= 4 is 47.6 Å². The second-order valence-corrected chi connectivity index (χ2v) is 15.0.